The fourth-order valence-corrected chi connectivity index (χ4v) is 4.82. The second kappa shape index (κ2) is 10.7. The van der Waals surface area contributed by atoms with Crippen molar-refractivity contribution in [3.63, 3.8) is 0 Å². The smallest absolute Gasteiger partial charge is 0.317 e. The van der Waals surface area contributed by atoms with Crippen LogP contribution in [0.15, 0.2) is 30.5 Å². The van der Waals surface area contributed by atoms with Gasteiger partial charge in [-0.15, -0.1) is 0 Å². The first-order valence-corrected chi connectivity index (χ1v) is 12.5. The Morgan fingerprint density at radius 2 is 1.97 bits per heavy atom. The molecule has 182 valence electrons. The van der Waals surface area contributed by atoms with Crippen LogP contribution in [0.1, 0.15) is 53.4 Å². The minimum atomic E-state index is -0.209. The van der Waals surface area contributed by atoms with Gasteiger partial charge in [-0.25, -0.2) is 4.79 Å². The van der Waals surface area contributed by atoms with Crippen molar-refractivity contribution < 1.29 is 9.59 Å². The lowest BCUT2D eigenvalue weighted by molar-refractivity contribution is 0.0961. The second-order valence-corrected chi connectivity index (χ2v) is 10.1. The van der Waals surface area contributed by atoms with E-state index in [0.29, 0.717) is 35.3 Å². The number of carbonyl (C=O) groups is 2. The molecule has 1 atom stereocenters. The predicted octanol–water partition coefficient (Wildman–Crippen LogP) is 4.62. The summed E-state index contributed by atoms with van der Waals surface area (Å²) in [6, 6.07) is 7.51. The third-order valence-corrected chi connectivity index (χ3v) is 7.25. The summed E-state index contributed by atoms with van der Waals surface area (Å²) in [6.45, 7) is 9.77. The first kappa shape index (κ1) is 24.5. The molecule has 0 unspecified atom stereocenters. The third kappa shape index (κ3) is 5.88. The molecule has 1 aromatic heterocycles. The van der Waals surface area contributed by atoms with E-state index in [1.54, 1.807) is 18.3 Å². The van der Waals surface area contributed by atoms with Crippen LogP contribution < -0.4 is 10.6 Å². The van der Waals surface area contributed by atoms with Crippen LogP contribution in [0.2, 0.25) is 5.02 Å². The normalized spacial score (nSPS) is 18.9. The number of hydrogen-bond donors (Lipinski definition) is 2. The standard InChI is InChI=1S/C26H34ClN5O2/c1-17-7-8-21(14-28-17)25(33)30-24-12-23(27)11-22(19(24)3)16-31-9-10-32(18(2)15-31)26(34)29-13-20-5-4-6-20/h7-8,11-12,14,18,20H,4-6,9-10,13,15-16H2,1-3H3,(H,29,34)(H,30,33)/t18-/m0/s1. The maximum absolute atomic E-state index is 12.7. The highest BCUT2D eigenvalue weighted by Gasteiger charge is 2.28. The molecule has 1 saturated carbocycles. The topological polar surface area (TPSA) is 77.6 Å². The summed E-state index contributed by atoms with van der Waals surface area (Å²) in [7, 11) is 0. The Bertz CT molecular complexity index is 1040. The molecule has 2 N–H and O–H groups in total. The maximum atomic E-state index is 12.7. The van der Waals surface area contributed by atoms with Gasteiger partial charge in [-0.1, -0.05) is 18.0 Å². The van der Waals surface area contributed by atoms with Gasteiger partial charge in [0.15, 0.2) is 0 Å². The van der Waals surface area contributed by atoms with E-state index in [2.05, 4.69) is 27.4 Å². The summed E-state index contributed by atoms with van der Waals surface area (Å²) < 4.78 is 0. The minimum absolute atomic E-state index is 0.0496. The van der Waals surface area contributed by atoms with Gasteiger partial charge in [0.25, 0.3) is 5.91 Å². The first-order chi connectivity index (χ1) is 16.3. The molecule has 8 heteroatoms. The molecule has 3 amide bonds. The van der Waals surface area contributed by atoms with Crippen LogP contribution in [-0.4, -0.2) is 58.9 Å². The highest BCUT2D eigenvalue weighted by molar-refractivity contribution is 6.31. The maximum Gasteiger partial charge on any atom is 0.317 e. The number of pyridine rings is 1. The van der Waals surface area contributed by atoms with Crippen molar-refractivity contribution in [3.05, 3.63) is 57.9 Å². The molecule has 0 spiro atoms. The van der Waals surface area contributed by atoms with E-state index in [1.165, 1.54) is 19.3 Å². The molecule has 2 aromatic rings. The van der Waals surface area contributed by atoms with E-state index < -0.39 is 0 Å². The Hall–Kier alpha value is -2.64. The molecule has 7 nitrogen and oxygen atoms in total. The Kier molecular flexibility index (Phi) is 7.73. The van der Waals surface area contributed by atoms with Crippen molar-refractivity contribution in [1.29, 1.82) is 0 Å². The van der Waals surface area contributed by atoms with Gasteiger partial charge in [-0.2, -0.15) is 0 Å². The summed E-state index contributed by atoms with van der Waals surface area (Å²) in [4.78, 5) is 33.8. The fraction of sp³-hybridized carbons (Fsp3) is 0.500. The number of aryl methyl sites for hydroxylation is 1. The Balaban J connectivity index is 1.37. The van der Waals surface area contributed by atoms with Crippen LogP contribution in [0.4, 0.5) is 10.5 Å². The molecule has 2 aliphatic rings. The monoisotopic (exact) mass is 483 g/mol. The van der Waals surface area contributed by atoms with Crippen LogP contribution in [0.5, 0.6) is 0 Å². The predicted molar refractivity (Wildman–Crippen MR) is 135 cm³/mol. The lowest BCUT2D eigenvalue weighted by atomic mass is 9.85. The number of carbonyl (C=O) groups excluding carboxylic acids is 2. The van der Waals surface area contributed by atoms with Crippen LogP contribution in [0, 0.1) is 19.8 Å². The molecule has 2 fully saturated rings. The van der Waals surface area contributed by atoms with Gasteiger partial charge in [0.2, 0.25) is 0 Å². The van der Waals surface area contributed by atoms with Gasteiger partial charge in [0, 0.05) is 61.4 Å². The van der Waals surface area contributed by atoms with Gasteiger partial charge < -0.3 is 15.5 Å². The molecule has 1 aliphatic heterocycles. The lowest BCUT2D eigenvalue weighted by Gasteiger charge is -2.40. The molecular weight excluding hydrogens is 450 g/mol. The lowest BCUT2D eigenvalue weighted by Crippen LogP contribution is -2.56. The number of rotatable bonds is 6. The van der Waals surface area contributed by atoms with E-state index in [0.717, 1.165) is 36.5 Å². The summed E-state index contributed by atoms with van der Waals surface area (Å²) in [5, 5.41) is 6.68. The summed E-state index contributed by atoms with van der Waals surface area (Å²) in [6.07, 6.45) is 5.32. The zero-order chi connectivity index (χ0) is 24.2. The number of benzene rings is 1. The number of amides is 3. The number of piperazine rings is 1. The Morgan fingerprint density at radius 3 is 2.62 bits per heavy atom. The average Bonchev–Trinajstić information content (AvgIpc) is 2.76. The van der Waals surface area contributed by atoms with Crippen LogP contribution >= 0.6 is 11.6 Å². The van der Waals surface area contributed by atoms with Crippen molar-refractivity contribution >= 4 is 29.2 Å². The minimum Gasteiger partial charge on any atom is -0.338 e. The number of halogens is 1. The van der Waals surface area contributed by atoms with E-state index in [-0.39, 0.29) is 18.0 Å². The van der Waals surface area contributed by atoms with Crippen LogP contribution in [-0.2, 0) is 6.54 Å². The zero-order valence-corrected chi connectivity index (χ0v) is 21.0. The number of anilines is 1. The van der Waals surface area contributed by atoms with Crippen LogP contribution in [0.25, 0.3) is 0 Å². The van der Waals surface area contributed by atoms with E-state index >= 15 is 0 Å². The molecule has 0 bridgehead atoms. The van der Waals surface area contributed by atoms with Crippen molar-refractivity contribution in [3.8, 4) is 0 Å². The van der Waals surface area contributed by atoms with Gasteiger partial charge in [0.1, 0.15) is 0 Å². The molecule has 0 radical (unpaired) electrons. The zero-order valence-electron chi connectivity index (χ0n) is 20.2. The Labute approximate surface area is 206 Å². The van der Waals surface area contributed by atoms with Gasteiger partial charge in [0.05, 0.1) is 5.56 Å². The Morgan fingerprint density at radius 1 is 1.18 bits per heavy atom. The number of urea groups is 1. The number of hydrogen-bond acceptors (Lipinski definition) is 4. The molecule has 2 heterocycles. The van der Waals surface area contributed by atoms with Gasteiger partial charge in [-0.05, 0) is 74.9 Å². The first-order valence-electron chi connectivity index (χ1n) is 12.1. The molecule has 1 saturated heterocycles. The fourth-order valence-electron chi connectivity index (χ4n) is 4.58. The molecule has 1 aromatic carbocycles. The van der Waals surface area contributed by atoms with Crippen LogP contribution in [0.3, 0.4) is 0 Å². The van der Waals surface area contributed by atoms with Crippen molar-refractivity contribution in [2.75, 3.05) is 31.5 Å². The second-order valence-electron chi connectivity index (χ2n) is 9.64. The summed E-state index contributed by atoms with van der Waals surface area (Å²) >= 11 is 6.42. The quantitative estimate of drug-likeness (QED) is 0.628. The molecule has 4 rings (SSSR count). The molecule has 34 heavy (non-hydrogen) atoms. The average molecular weight is 484 g/mol. The van der Waals surface area contributed by atoms with E-state index in [4.69, 9.17) is 11.6 Å². The summed E-state index contributed by atoms with van der Waals surface area (Å²) in [5.41, 5.74) is 4.14. The number of nitrogens with one attached hydrogen (secondary N) is 2. The molecule has 1 aliphatic carbocycles. The van der Waals surface area contributed by atoms with Gasteiger partial charge >= 0.3 is 6.03 Å². The van der Waals surface area contributed by atoms with E-state index in [1.807, 2.05) is 30.9 Å². The van der Waals surface area contributed by atoms with Crippen molar-refractivity contribution in [1.82, 2.24) is 20.1 Å². The molecular formula is C26H34ClN5O2. The van der Waals surface area contributed by atoms with Crippen molar-refractivity contribution in [2.24, 2.45) is 5.92 Å². The van der Waals surface area contributed by atoms with Crippen molar-refractivity contribution in [2.45, 2.75) is 52.6 Å². The summed E-state index contributed by atoms with van der Waals surface area (Å²) in [5.74, 6) is 0.447. The largest absolute Gasteiger partial charge is 0.338 e. The van der Waals surface area contributed by atoms with Gasteiger partial charge in [-0.3, -0.25) is 14.7 Å². The highest BCUT2D eigenvalue weighted by atomic mass is 35.5. The SMILES string of the molecule is Cc1ccc(C(=O)Nc2cc(Cl)cc(CN3CCN(C(=O)NCC4CCC4)[C@@H](C)C3)c2C)cn1. The number of nitrogens with zero attached hydrogens (tertiary/aromatic N) is 3. The highest BCUT2D eigenvalue weighted by Crippen LogP contribution is 2.28. The van der Waals surface area contributed by atoms with E-state index in [9.17, 15) is 9.59 Å². The number of aromatic nitrogens is 1. The third-order valence-electron chi connectivity index (χ3n) is 7.03.